The van der Waals surface area contributed by atoms with Crippen molar-refractivity contribution in [3.05, 3.63) is 0 Å². The van der Waals surface area contributed by atoms with Crippen LogP contribution in [0.15, 0.2) is 0 Å². The Labute approximate surface area is 97.8 Å². The van der Waals surface area contributed by atoms with Gasteiger partial charge in [-0.3, -0.25) is 0 Å². The standard InChI is InChI=1S/C10H21N3O2S/c1-2-12-16(14,15)13-8-4-6-10(13)9-5-3-7-11-9/h9-12H,2-8H2,1H3. The van der Waals surface area contributed by atoms with E-state index in [-0.39, 0.29) is 6.04 Å². The first-order valence-electron chi connectivity index (χ1n) is 6.15. The molecule has 0 radical (unpaired) electrons. The predicted molar refractivity (Wildman–Crippen MR) is 63.3 cm³/mol. The Hall–Kier alpha value is -0.170. The molecule has 94 valence electrons. The Morgan fingerprint density at radius 2 is 2.19 bits per heavy atom. The fourth-order valence-electron chi connectivity index (χ4n) is 2.77. The smallest absolute Gasteiger partial charge is 0.279 e. The van der Waals surface area contributed by atoms with Gasteiger partial charge in [0.25, 0.3) is 10.2 Å². The number of nitrogens with one attached hydrogen (secondary N) is 2. The minimum absolute atomic E-state index is 0.159. The summed E-state index contributed by atoms with van der Waals surface area (Å²) in [5, 5.41) is 3.41. The molecule has 6 heteroatoms. The zero-order chi connectivity index (χ0) is 11.6. The number of nitrogens with zero attached hydrogens (tertiary/aromatic N) is 1. The van der Waals surface area contributed by atoms with Gasteiger partial charge in [0.2, 0.25) is 0 Å². The second-order valence-electron chi connectivity index (χ2n) is 4.53. The van der Waals surface area contributed by atoms with E-state index in [0.717, 1.165) is 32.2 Å². The van der Waals surface area contributed by atoms with Gasteiger partial charge < -0.3 is 5.32 Å². The molecule has 2 N–H and O–H groups in total. The van der Waals surface area contributed by atoms with Gasteiger partial charge in [0.05, 0.1) is 0 Å². The van der Waals surface area contributed by atoms with Crippen molar-refractivity contribution < 1.29 is 8.42 Å². The highest BCUT2D eigenvalue weighted by Crippen LogP contribution is 2.26. The normalized spacial score (nSPS) is 32.3. The lowest BCUT2D eigenvalue weighted by atomic mass is 10.1. The van der Waals surface area contributed by atoms with E-state index in [1.54, 1.807) is 4.31 Å². The van der Waals surface area contributed by atoms with Crippen molar-refractivity contribution in [2.75, 3.05) is 19.6 Å². The lowest BCUT2D eigenvalue weighted by molar-refractivity contribution is 0.318. The Kier molecular flexibility index (Phi) is 3.84. The van der Waals surface area contributed by atoms with E-state index in [9.17, 15) is 8.42 Å². The molecular weight excluding hydrogens is 226 g/mol. The van der Waals surface area contributed by atoms with E-state index in [1.807, 2.05) is 6.92 Å². The van der Waals surface area contributed by atoms with Crippen LogP contribution in [0.5, 0.6) is 0 Å². The van der Waals surface area contributed by atoms with Gasteiger partial charge in [-0.1, -0.05) is 6.92 Å². The van der Waals surface area contributed by atoms with Crippen LogP contribution in [0.3, 0.4) is 0 Å². The number of hydrogen-bond donors (Lipinski definition) is 2. The Bertz CT molecular complexity index is 325. The first kappa shape index (κ1) is 12.3. The molecule has 0 amide bonds. The molecule has 16 heavy (non-hydrogen) atoms. The summed E-state index contributed by atoms with van der Waals surface area (Å²) in [6, 6.07) is 0.516. The molecule has 2 fully saturated rings. The zero-order valence-corrected chi connectivity index (χ0v) is 10.6. The van der Waals surface area contributed by atoms with E-state index in [0.29, 0.717) is 19.1 Å². The van der Waals surface area contributed by atoms with Crippen molar-refractivity contribution in [3.63, 3.8) is 0 Å². The minimum Gasteiger partial charge on any atom is -0.312 e. The van der Waals surface area contributed by atoms with Crippen LogP contribution >= 0.6 is 0 Å². The first-order chi connectivity index (χ1) is 7.65. The third-order valence-corrected chi connectivity index (χ3v) is 5.17. The van der Waals surface area contributed by atoms with Crippen LogP contribution in [-0.2, 0) is 10.2 Å². The maximum absolute atomic E-state index is 12.0. The van der Waals surface area contributed by atoms with E-state index in [4.69, 9.17) is 0 Å². The third-order valence-electron chi connectivity index (χ3n) is 3.45. The van der Waals surface area contributed by atoms with E-state index in [2.05, 4.69) is 10.0 Å². The van der Waals surface area contributed by atoms with Gasteiger partial charge in [0.1, 0.15) is 0 Å². The molecule has 2 saturated heterocycles. The van der Waals surface area contributed by atoms with Gasteiger partial charge in [0, 0.05) is 25.2 Å². The van der Waals surface area contributed by atoms with Crippen LogP contribution in [0.1, 0.15) is 32.6 Å². The molecule has 2 rings (SSSR count). The van der Waals surface area contributed by atoms with Gasteiger partial charge >= 0.3 is 0 Å². The molecule has 5 nitrogen and oxygen atoms in total. The molecule has 0 bridgehead atoms. The third kappa shape index (κ3) is 2.40. The highest BCUT2D eigenvalue weighted by Gasteiger charge is 2.39. The summed E-state index contributed by atoms with van der Waals surface area (Å²) < 4.78 is 28.2. The molecule has 0 aromatic rings. The molecule has 2 aliphatic heterocycles. The van der Waals surface area contributed by atoms with Crippen LogP contribution in [0, 0.1) is 0 Å². The Morgan fingerprint density at radius 1 is 1.38 bits per heavy atom. The van der Waals surface area contributed by atoms with Crippen LogP contribution in [-0.4, -0.2) is 44.4 Å². The maximum Gasteiger partial charge on any atom is 0.279 e. The summed E-state index contributed by atoms with van der Waals surface area (Å²) in [5.74, 6) is 0. The zero-order valence-electron chi connectivity index (χ0n) is 9.78. The van der Waals surface area contributed by atoms with E-state index < -0.39 is 10.2 Å². The summed E-state index contributed by atoms with van der Waals surface area (Å²) in [6.07, 6.45) is 4.23. The minimum atomic E-state index is -3.25. The van der Waals surface area contributed by atoms with E-state index in [1.165, 1.54) is 0 Å². The fraction of sp³-hybridized carbons (Fsp3) is 1.00. The maximum atomic E-state index is 12.0. The Balaban J connectivity index is 2.08. The second kappa shape index (κ2) is 5.00. The van der Waals surface area contributed by atoms with E-state index >= 15 is 0 Å². The molecule has 2 heterocycles. The van der Waals surface area contributed by atoms with Crippen LogP contribution in [0.4, 0.5) is 0 Å². The van der Waals surface area contributed by atoms with Gasteiger partial charge in [-0.2, -0.15) is 12.7 Å². The van der Waals surface area contributed by atoms with Crippen LogP contribution in [0.2, 0.25) is 0 Å². The largest absolute Gasteiger partial charge is 0.312 e. The van der Waals surface area contributed by atoms with Crippen molar-refractivity contribution >= 4 is 10.2 Å². The first-order valence-corrected chi connectivity index (χ1v) is 7.59. The summed E-state index contributed by atoms with van der Waals surface area (Å²) >= 11 is 0. The monoisotopic (exact) mass is 247 g/mol. The van der Waals surface area contributed by atoms with Gasteiger partial charge in [-0.15, -0.1) is 0 Å². The molecular formula is C10H21N3O2S. The van der Waals surface area contributed by atoms with Gasteiger partial charge in [-0.25, -0.2) is 4.72 Å². The molecule has 2 unspecified atom stereocenters. The summed E-state index contributed by atoms with van der Waals surface area (Å²) in [4.78, 5) is 0. The fourth-order valence-corrected chi connectivity index (χ4v) is 4.28. The molecule has 0 aliphatic carbocycles. The quantitative estimate of drug-likeness (QED) is 0.738. The summed E-state index contributed by atoms with van der Waals surface area (Å²) in [5.41, 5.74) is 0. The molecule has 0 spiro atoms. The Morgan fingerprint density at radius 3 is 2.81 bits per heavy atom. The lowest BCUT2D eigenvalue weighted by Gasteiger charge is -2.28. The average Bonchev–Trinajstić information content (AvgIpc) is 2.88. The van der Waals surface area contributed by atoms with Crippen molar-refractivity contribution in [2.24, 2.45) is 0 Å². The highest BCUT2D eigenvalue weighted by molar-refractivity contribution is 7.87. The molecule has 2 atom stereocenters. The second-order valence-corrected chi connectivity index (χ2v) is 6.23. The SMILES string of the molecule is CCNS(=O)(=O)N1CCCC1C1CCCN1. The van der Waals surface area contributed by atoms with Crippen LogP contribution < -0.4 is 10.0 Å². The molecule has 0 aromatic carbocycles. The van der Waals surface area contributed by atoms with Gasteiger partial charge in [0.15, 0.2) is 0 Å². The molecule has 2 aliphatic rings. The summed E-state index contributed by atoms with van der Waals surface area (Å²) in [7, 11) is -3.25. The van der Waals surface area contributed by atoms with Crippen molar-refractivity contribution in [3.8, 4) is 0 Å². The lowest BCUT2D eigenvalue weighted by Crippen LogP contribution is -2.50. The van der Waals surface area contributed by atoms with Crippen molar-refractivity contribution in [1.29, 1.82) is 0 Å². The molecule has 0 aromatic heterocycles. The van der Waals surface area contributed by atoms with Crippen molar-refractivity contribution in [2.45, 2.75) is 44.7 Å². The average molecular weight is 247 g/mol. The summed E-state index contributed by atoms with van der Waals surface area (Å²) in [6.45, 7) is 3.97. The topological polar surface area (TPSA) is 61.4 Å². The van der Waals surface area contributed by atoms with Gasteiger partial charge in [-0.05, 0) is 32.2 Å². The predicted octanol–water partition coefficient (Wildman–Crippen LogP) is 0.0571. The van der Waals surface area contributed by atoms with Crippen molar-refractivity contribution in [1.82, 2.24) is 14.3 Å². The number of hydrogen-bond acceptors (Lipinski definition) is 3. The molecule has 0 saturated carbocycles. The van der Waals surface area contributed by atoms with Crippen LogP contribution in [0.25, 0.3) is 0 Å². The highest BCUT2D eigenvalue weighted by atomic mass is 32.2. The number of rotatable bonds is 4.